The van der Waals surface area contributed by atoms with Gasteiger partial charge in [-0.1, -0.05) is 24.3 Å². The third-order valence-electron chi connectivity index (χ3n) is 2.52. The largest absolute Gasteiger partial charge is 0.399 e. The van der Waals surface area contributed by atoms with Gasteiger partial charge >= 0.3 is 5.97 Å². The zero-order valence-corrected chi connectivity index (χ0v) is 10.9. The van der Waals surface area contributed by atoms with Gasteiger partial charge in [0.25, 0.3) is 5.24 Å². The molecule has 1 aromatic rings. The summed E-state index contributed by atoms with van der Waals surface area (Å²) in [5.74, 6) is -0.504. The molecule has 1 aliphatic heterocycles. The summed E-state index contributed by atoms with van der Waals surface area (Å²) < 4.78 is 5.26. The van der Waals surface area contributed by atoms with Crippen LogP contribution in [0.2, 0.25) is 0 Å². The fourth-order valence-electron chi connectivity index (χ4n) is 1.65. The topological polar surface area (TPSA) is 95.4 Å². The summed E-state index contributed by atoms with van der Waals surface area (Å²) >= 11 is 0. The van der Waals surface area contributed by atoms with E-state index in [4.69, 9.17) is 15.7 Å². The van der Waals surface area contributed by atoms with Crippen LogP contribution in [0.5, 0.6) is 0 Å². The van der Waals surface area contributed by atoms with E-state index in [9.17, 15) is 9.59 Å². The highest BCUT2D eigenvalue weighted by Crippen LogP contribution is 2.54. The van der Waals surface area contributed by atoms with Gasteiger partial charge in [0.15, 0.2) is 0 Å². The Balaban J connectivity index is 2.07. The molecule has 0 radical (unpaired) electrons. The Morgan fingerprint density at radius 2 is 1.89 bits per heavy atom. The van der Waals surface area contributed by atoms with Gasteiger partial charge < -0.3 is 15.7 Å². The second kappa shape index (κ2) is 5.19. The minimum Gasteiger partial charge on any atom is -0.399 e. The number of amides is 1. The van der Waals surface area contributed by atoms with Crippen LogP contribution in [0.25, 0.3) is 0 Å². The lowest BCUT2D eigenvalue weighted by Crippen LogP contribution is -2.21. The van der Waals surface area contributed by atoms with Crippen molar-refractivity contribution in [1.29, 1.82) is 0 Å². The van der Waals surface area contributed by atoms with Crippen LogP contribution in [0.15, 0.2) is 47.2 Å². The number of nitrogens with two attached hydrogens (primary N) is 2. The molecule has 1 aromatic carbocycles. The zero-order valence-electron chi connectivity index (χ0n) is 10.1. The Morgan fingerprint density at radius 1 is 1.21 bits per heavy atom. The van der Waals surface area contributed by atoms with E-state index in [1.807, 2.05) is 0 Å². The molecule has 0 aromatic heterocycles. The molecule has 0 bridgehead atoms. The molecule has 0 unspecified atom stereocenters. The summed E-state index contributed by atoms with van der Waals surface area (Å²) in [5, 5.41) is 2.43. The molecule has 4 N–H and O–H groups in total. The second-order valence-electron chi connectivity index (χ2n) is 4.00. The summed E-state index contributed by atoms with van der Waals surface area (Å²) in [6.45, 7) is 0. The lowest BCUT2D eigenvalue weighted by Gasteiger charge is -2.26. The summed E-state index contributed by atoms with van der Waals surface area (Å²) in [4.78, 5) is 23.3. The molecule has 1 heterocycles. The SMILES string of the molecule is NC(=O)S1(OC(=O)Cc2cccc(N)c2)C=CC=C1. The van der Waals surface area contributed by atoms with E-state index >= 15 is 0 Å². The third kappa shape index (κ3) is 2.97. The second-order valence-corrected chi connectivity index (χ2v) is 6.41. The number of rotatable bonds is 2. The van der Waals surface area contributed by atoms with Gasteiger partial charge in [-0.05, 0) is 28.5 Å². The average molecular weight is 278 g/mol. The van der Waals surface area contributed by atoms with Crippen LogP contribution >= 0.6 is 10.3 Å². The van der Waals surface area contributed by atoms with Gasteiger partial charge in [-0.3, -0.25) is 9.59 Å². The lowest BCUT2D eigenvalue weighted by atomic mass is 10.1. The summed E-state index contributed by atoms with van der Waals surface area (Å²) in [5.41, 5.74) is 12.2. The molecule has 1 amide bonds. The van der Waals surface area contributed by atoms with Crippen molar-refractivity contribution in [3.63, 3.8) is 0 Å². The number of carbonyl (C=O) groups is 2. The van der Waals surface area contributed by atoms with E-state index in [2.05, 4.69) is 0 Å². The predicted octanol–water partition coefficient (Wildman–Crippen LogP) is 2.19. The molecule has 0 aliphatic carbocycles. The van der Waals surface area contributed by atoms with Gasteiger partial charge in [-0.25, -0.2) is 0 Å². The number of anilines is 1. The van der Waals surface area contributed by atoms with Gasteiger partial charge in [0.1, 0.15) is 0 Å². The molecule has 0 saturated carbocycles. The molecular formula is C13H14N2O3S. The maximum Gasteiger partial charge on any atom is 0.321 e. The highest BCUT2D eigenvalue weighted by atomic mass is 32.3. The molecule has 5 nitrogen and oxygen atoms in total. The lowest BCUT2D eigenvalue weighted by molar-refractivity contribution is -0.132. The molecule has 0 saturated heterocycles. The Kier molecular flexibility index (Phi) is 3.62. The Bertz CT molecular complexity index is 569. The van der Waals surface area contributed by atoms with Gasteiger partial charge in [0.2, 0.25) is 0 Å². The number of benzene rings is 1. The Labute approximate surface area is 112 Å². The van der Waals surface area contributed by atoms with Crippen molar-refractivity contribution < 1.29 is 13.8 Å². The van der Waals surface area contributed by atoms with Crippen LogP contribution in [0.4, 0.5) is 10.5 Å². The maximum atomic E-state index is 11.9. The first-order chi connectivity index (χ1) is 9.02. The maximum absolute atomic E-state index is 11.9. The van der Waals surface area contributed by atoms with Gasteiger partial charge in [0.05, 0.1) is 6.42 Å². The van der Waals surface area contributed by atoms with Crippen LogP contribution in [0.3, 0.4) is 0 Å². The summed E-state index contributed by atoms with van der Waals surface area (Å²) in [6.07, 6.45) is 3.34. The molecular weight excluding hydrogens is 264 g/mol. The number of nitrogen functional groups attached to an aromatic ring is 1. The van der Waals surface area contributed by atoms with Crippen LogP contribution in [-0.4, -0.2) is 11.2 Å². The molecule has 0 atom stereocenters. The number of primary amides is 1. The van der Waals surface area contributed by atoms with Crippen molar-refractivity contribution in [3.8, 4) is 0 Å². The first-order valence-corrected chi connectivity index (χ1v) is 7.24. The van der Waals surface area contributed by atoms with E-state index in [1.165, 1.54) is 10.8 Å². The molecule has 0 fully saturated rings. The van der Waals surface area contributed by atoms with E-state index in [1.54, 1.807) is 36.4 Å². The van der Waals surface area contributed by atoms with Crippen LogP contribution < -0.4 is 11.5 Å². The molecule has 1 aliphatic rings. The van der Waals surface area contributed by atoms with E-state index in [0.717, 1.165) is 5.56 Å². The van der Waals surface area contributed by atoms with Crippen LogP contribution in [0.1, 0.15) is 5.56 Å². The third-order valence-corrected chi connectivity index (χ3v) is 4.73. The van der Waals surface area contributed by atoms with Crippen molar-refractivity contribution >= 4 is 27.2 Å². The quantitative estimate of drug-likeness (QED) is 0.810. The molecule has 2 rings (SSSR count). The fourth-order valence-corrected chi connectivity index (χ4v) is 3.22. The fraction of sp³-hybridized carbons (Fsp3) is 0.0769. The van der Waals surface area contributed by atoms with Gasteiger partial charge in [-0.2, -0.15) is 0 Å². The Hall–Kier alpha value is -2.21. The Morgan fingerprint density at radius 3 is 2.47 bits per heavy atom. The molecule has 0 spiro atoms. The molecule has 100 valence electrons. The van der Waals surface area contributed by atoms with E-state index in [0.29, 0.717) is 5.69 Å². The van der Waals surface area contributed by atoms with E-state index < -0.39 is 21.5 Å². The zero-order chi connectivity index (χ0) is 13.9. The molecule has 19 heavy (non-hydrogen) atoms. The van der Waals surface area contributed by atoms with Crippen molar-refractivity contribution in [3.05, 3.63) is 52.8 Å². The highest BCUT2D eigenvalue weighted by Gasteiger charge is 2.31. The molecule has 6 heteroatoms. The van der Waals surface area contributed by atoms with Crippen molar-refractivity contribution in [2.45, 2.75) is 6.42 Å². The highest BCUT2D eigenvalue weighted by molar-refractivity contribution is 8.46. The summed E-state index contributed by atoms with van der Waals surface area (Å²) in [6, 6.07) is 6.94. The smallest absolute Gasteiger partial charge is 0.321 e. The monoisotopic (exact) mass is 278 g/mol. The standard InChI is InChI=1S/C13H14N2O3S/c14-11-5-3-4-10(8-11)9-12(16)18-19(13(15)17)6-1-2-7-19/h1-8H,9,14H2,(H2,15,17). The number of hydrogen-bond donors (Lipinski definition) is 2. The number of carbonyl (C=O) groups excluding carboxylic acids is 2. The number of allylic oxidation sites excluding steroid dienone is 2. The minimum absolute atomic E-state index is 0.0503. The van der Waals surface area contributed by atoms with Gasteiger partial charge in [-0.15, -0.1) is 0 Å². The summed E-state index contributed by atoms with van der Waals surface area (Å²) in [7, 11) is -2.41. The number of hydrogen-bond acceptors (Lipinski definition) is 4. The van der Waals surface area contributed by atoms with E-state index in [-0.39, 0.29) is 6.42 Å². The minimum atomic E-state index is -2.41. The first kappa shape index (κ1) is 13.2. The van der Waals surface area contributed by atoms with Crippen molar-refractivity contribution in [2.24, 2.45) is 5.73 Å². The van der Waals surface area contributed by atoms with Crippen LogP contribution in [0, 0.1) is 0 Å². The van der Waals surface area contributed by atoms with Crippen molar-refractivity contribution in [2.75, 3.05) is 5.73 Å². The predicted molar refractivity (Wildman–Crippen MR) is 76.1 cm³/mol. The van der Waals surface area contributed by atoms with Crippen molar-refractivity contribution in [1.82, 2.24) is 0 Å². The first-order valence-electron chi connectivity index (χ1n) is 5.56. The van der Waals surface area contributed by atoms with Gasteiger partial charge in [0, 0.05) is 16.0 Å². The average Bonchev–Trinajstić information content (AvgIpc) is 2.78. The normalized spacial score (nSPS) is 17.1. The van der Waals surface area contributed by atoms with Crippen LogP contribution in [-0.2, 0) is 15.4 Å².